The number of hydrogen-bond donors (Lipinski definition) is 3. The van der Waals surface area contributed by atoms with Crippen molar-refractivity contribution in [1.82, 2.24) is 39.6 Å². The van der Waals surface area contributed by atoms with Crippen LogP contribution < -0.4 is 15.4 Å². The fourth-order valence-corrected chi connectivity index (χ4v) is 7.59. The molecule has 1 aliphatic heterocycles. The van der Waals surface area contributed by atoms with Gasteiger partial charge in [-0.2, -0.15) is 27.7 Å². The molecular formula is C35H58N8O7S. The number of rotatable bonds is 12. The number of amides is 4. The Hall–Kier alpha value is -3.53. The number of carbonyl (C=O) groups is 4. The highest BCUT2D eigenvalue weighted by molar-refractivity contribution is 7.87. The lowest BCUT2D eigenvalue weighted by atomic mass is 9.85. The van der Waals surface area contributed by atoms with Crippen molar-refractivity contribution in [3.05, 3.63) is 24.0 Å². The van der Waals surface area contributed by atoms with Crippen LogP contribution in [0.25, 0.3) is 0 Å². The first kappa shape index (κ1) is 40.2. The van der Waals surface area contributed by atoms with Crippen molar-refractivity contribution in [3.63, 3.8) is 0 Å². The molecule has 15 nitrogen and oxygen atoms in total. The van der Waals surface area contributed by atoms with Gasteiger partial charge in [0, 0.05) is 38.9 Å². The smallest absolute Gasteiger partial charge is 0.408 e. The second-order valence-corrected chi connectivity index (χ2v) is 18.4. The van der Waals surface area contributed by atoms with Crippen LogP contribution in [-0.4, -0.2) is 100 Å². The van der Waals surface area contributed by atoms with Crippen LogP contribution >= 0.6 is 0 Å². The van der Waals surface area contributed by atoms with Gasteiger partial charge in [-0.15, -0.1) is 6.58 Å². The van der Waals surface area contributed by atoms with Crippen molar-refractivity contribution in [3.8, 4) is 0 Å². The standard InChI is InChI=1S/C35H58N8O7S/c1-11-16-25-27(22-17-14-13-15-18-22)39-43(38-25)24-19-26(29(44)37-35(20-23(35)12-2)31(46)40-51(48,49)41(9)10)42(21-24)30(45)28(33(3,4)5)36-32(47)50-34(6,7)8/h12,22-24,26,28H,2,11,13-21H2,1,3-10H3,(H,36,47)(H,37,44)(H,40,46)/t23-,24-,26+,28-,35+/m1/s1. The molecule has 1 aromatic rings. The fourth-order valence-electron chi connectivity index (χ4n) is 6.99. The van der Waals surface area contributed by atoms with E-state index in [1.54, 1.807) is 25.6 Å². The number of likely N-dealkylation sites (tertiary alicyclic amines) is 1. The summed E-state index contributed by atoms with van der Waals surface area (Å²) in [5, 5.41) is 15.5. The monoisotopic (exact) mass is 734 g/mol. The van der Waals surface area contributed by atoms with Crippen LogP contribution in [0, 0.1) is 11.3 Å². The molecule has 0 aromatic carbocycles. The molecule has 0 bridgehead atoms. The average Bonchev–Trinajstić information content (AvgIpc) is 3.33. The SMILES string of the molecule is C=C[C@@H]1C[C@@]1(NC(=O)[C@@H]1C[C@@H](n2nc(CCC)c(C3CCCCC3)n2)CN1C(=O)[C@@H](NC(=O)OC(C)(C)C)C(C)(C)C)C(=O)NS(=O)(=O)N(C)C. The van der Waals surface area contributed by atoms with Crippen LogP contribution in [0.4, 0.5) is 4.79 Å². The number of ether oxygens (including phenoxy) is 1. The predicted molar refractivity (Wildman–Crippen MR) is 192 cm³/mol. The van der Waals surface area contributed by atoms with Gasteiger partial charge in [0.1, 0.15) is 23.2 Å². The highest BCUT2D eigenvalue weighted by Gasteiger charge is 2.61. The van der Waals surface area contributed by atoms with Crippen molar-refractivity contribution in [2.45, 2.75) is 141 Å². The van der Waals surface area contributed by atoms with Crippen molar-refractivity contribution in [2.75, 3.05) is 20.6 Å². The Morgan fingerprint density at radius 3 is 2.25 bits per heavy atom. The summed E-state index contributed by atoms with van der Waals surface area (Å²) in [4.78, 5) is 58.4. The first-order valence-corrected chi connectivity index (χ1v) is 19.5. The number of alkyl carbamates (subject to hydrolysis) is 1. The van der Waals surface area contributed by atoms with Crippen LogP contribution in [0.3, 0.4) is 0 Å². The molecule has 2 aliphatic carbocycles. The number of nitrogens with one attached hydrogen (secondary N) is 3. The Kier molecular flexibility index (Phi) is 12.0. The van der Waals surface area contributed by atoms with Crippen molar-refractivity contribution >= 4 is 34.0 Å². The number of aryl methyl sites for hydroxylation is 1. The zero-order valence-electron chi connectivity index (χ0n) is 31.7. The first-order chi connectivity index (χ1) is 23.6. The summed E-state index contributed by atoms with van der Waals surface area (Å²) in [7, 11) is -1.58. The van der Waals surface area contributed by atoms with Crippen LogP contribution in [0.5, 0.6) is 0 Å². The molecule has 3 aliphatic rings. The van der Waals surface area contributed by atoms with Crippen LogP contribution in [-0.2, 0) is 35.8 Å². The molecular weight excluding hydrogens is 677 g/mol. The molecule has 2 heterocycles. The third-order valence-corrected chi connectivity index (χ3v) is 11.3. The molecule has 286 valence electrons. The number of nitrogens with zero attached hydrogens (tertiary/aromatic N) is 5. The Labute approximate surface area is 302 Å². The van der Waals surface area contributed by atoms with Gasteiger partial charge in [0.05, 0.1) is 17.4 Å². The second kappa shape index (κ2) is 15.2. The van der Waals surface area contributed by atoms with Crippen molar-refractivity contribution < 1.29 is 32.3 Å². The minimum atomic E-state index is -4.15. The maximum atomic E-state index is 14.6. The van der Waals surface area contributed by atoms with Gasteiger partial charge in [0.25, 0.3) is 5.91 Å². The van der Waals surface area contributed by atoms with E-state index in [0.29, 0.717) is 5.92 Å². The third-order valence-electron chi connectivity index (χ3n) is 9.93. The number of hydrogen-bond acceptors (Lipinski definition) is 9. The molecule has 51 heavy (non-hydrogen) atoms. The lowest BCUT2D eigenvalue weighted by Crippen LogP contribution is -2.60. The Balaban J connectivity index is 1.70. The second-order valence-electron chi connectivity index (χ2n) is 16.5. The molecule has 1 saturated heterocycles. The third kappa shape index (κ3) is 9.29. The van der Waals surface area contributed by atoms with Gasteiger partial charge >= 0.3 is 16.3 Å². The van der Waals surface area contributed by atoms with E-state index in [4.69, 9.17) is 14.9 Å². The van der Waals surface area contributed by atoms with E-state index in [1.807, 2.05) is 25.5 Å². The summed E-state index contributed by atoms with van der Waals surface area (Å²) in [6.07, 6.45) is 8.19. The topological polar surface area (TPSA) is 185 Å². The van der Waals surface area contributed by atoms with Crippen LogP contribution in [0.15, 0.2) is 12.7 Å². The maximum Gasteiger partial charge on any atom is 0.408 e. The zero-order valence-corrected chi connectivity index (χ0v) is 32.6. The van der Waals surface area contributed by atoms with E-state index >= 15 is 0 Å². The molecule has 16 heteroatoms. The van der Waals surface area contributed by atoms with Crippen LogP contribution in [0.2, 0.25) is 0 Å². The number of carbonyl (C=O) groups excluding carboxylic acids is 4. The number of aromatic nitrogens is 3. The van der Waals surface area contributed by atoms with Gasteiger partial charge in [0.2, 0.25) is 11.8 Å². The molecule has 3 fully saturated rings. The summed E-state index contributed by atoms with van der Waals surface area (Å²) in [5.41, 5.74) is -1.26. The van der Waals surface area contributed by atoms with E-state index < -0.39 is 74.6 Å². The van der Waals surface area contributed by atoms with E-state index in [9.17, 15) is 27.6 Å². The van der Waals surface area contributed by atoms with E-state index in [-0.39, 0.29) is 19.4 Å². The summed E-state index contributed by atoms with van der Waals surface area (Å²) >= 11 is 0. The summed E-state index contributed by atoms with van der Waals surface area (Å²) in [6, 6.07) is -2.65. The van der Waals surface area contributed by atoms with Crippen molar-refractivity contribution in [1.29, 1.82) is 0 Å². The minimum Gasteiger partial charge on any atom is -0.444 e. The normalized spacial score (nSPS) is 24.9. The zero-order chi connectivity index (χ0) is 38.1. The van der Waals surface area contributed by atoms with Gasteiger partial charge in [-0.25, -0.2) is 9.52 Å². The maximum absolute atomic E-state index is 14.6. The Bertz CT molecular complexity index is 1590. The molecule has 2 saturated carbocycles. The lowest BCUT2D eigenvalue weighted by Gasteiger charge is -2.36. The molecule has 4 amide bonds. The van der Waals surface area contributed by atoms with Gasteiger partial charge in [-0.05, 0) is 51.9 Å². The molecule has 5 atom stereocenters. The van der Waals surface area contributed by atoms with Gasteiger partial charge < -0.3 is 20.3 Å². The average molecular weight is 735 g/mol. The fraction of sp³-hybridized carbons (Fsp3) is 0.771. The summed E-state index contributed by atoms with van der Waals surface area (Å²) in [5.74, 6) is -2.26. The quantitative estimate of drug-likeness (QED) is 0.271. The highest BCUT2D eigenvalue weighted by atomic mass is 32.2. The molecule has 0 unspecified atom stereocenters. The van der Waals surface area contributed by atoms with E-state index in [0.717, 1.165) is 54.2 Å². The summed E-state index contributed by atoms with van der Waals surface area (Å²) in [6.45, 7) is 16.5. The van der Waals surface area contributed by atoms with Gasteiger partial charge in [-0.1, -0.05) is 59.5 Å². The Morgan fingerprint density at radius 1 is 1.08 bits per heavy atom. The molecule has 3 N–H and O–H groups in total. The largest absolute Gasteiger partial charge is 0.444 e. The van der Waals surface area contributed by atoms with Crippen LogP contribution in [0.1, 0.15) is 123 Å². The summed E-state index contributed by atoms with van der Waals surface area (Å²) < 4.78 is 33.5. The molecule has 0 spiro atoms. The lowest BCUT2D eigenvalue weighted by molar-refractivity contribution is -0.143. The Morgan fingerprint density at radius 2 is 1.73 bits per heavy atom. The highest BCUT2D eigenvalue weighted by Crippen LogP contribution is 2.45. The van der Waals surface area contributed by atoms with Crippen molar-refractivity contribution in [2.24, 2.45) is 11.3 Å². The van der Waals surface area contributed by atoms with E-state index in [2.05, 4.69) is 24.1 Å². The minimum absolute atomic E-state index is 0.0724. The van der Waals surface area contributed by atoms with E-state index in [1.165, 1.54) is 31.5 Å². The van der Waals surface area contributed by atoms with Gasteiger partial charge in [0.15, 0.2) is 0 Å². The molecule has 0 radical (unpaired) electrons. The molecule has 4 rings (SSSR count). The molecule has 1 aromatic heterocycles. The first-order valence-electron chi connectivity index (χ1n) is 18.1. The van der Waals surface area contributed by atoms with Gasteiger partial charge in [-0.3, -0.25) is 14.4 Å². The predicted octanol–water partition coefficient (Wildman–Crippen LogP) is 3.34.